The van der Waals surface area contributed by atoms with Crippen molar-refractivity contribution in [1.82, 2.24) is 9.88 Å². The molecule has 0 amide bonds. The maximum atomic E-state index is 11.8. The summed E-state index contributed by atoms with van der Waals surface area (Å²) in [5, 5.41) is 11.2. The number of nitrogens with zero attached hydrogens (tertiary/aromatic N) is 2. The Kier molecular flexibility index (Phi) is 4.31. The van der Waals surface area contributed by atoms with Crippen LogP contribution in [0.5, 0.6) is 5.75 Å². The van der Waals surface area contributed by atoms with E-state index in [0.717, 1.165) is 31.4 Å². The summed E-state index contributed by atoms with van der Waals surface area (Å²) >= 11 is 1.76. The van der Waals surface area contributed by atoms with Gasteiger partial charge in [0.2, 0.25) is 11.2 Å². The molecule has 0 saturated carbocycles. The largest absolute Gasteiger partial charge is 0.502 e. The number of hydrogen-bond donors (Lipinski definition) is 1. The van der Waals surface area contributed by atoms with Gasteiger partial charge in [-0.1, -0.05) is 12.1 Å². The van der Waals surface area contributed by atoms with Crippen LogP contribution in [0.2, 0.25) is 0 Å². The van der Waals surface area contributed by atoms with Gasteiger partial charge in [-0.25, -0.2) is 4.98 Å². The van der Waals surface area contributed by atoms with E-state index in [-0.39, 0.29) is 11.2 Å². The van der Waals surface area contributed by atoms with Gasteiger partial charge in [-0.15, -0.1) is 11.3 Å². The van der Waals surface area contributed by atoms with Gasteiger partial charge in [0, 0.05) is 18.5 Å². The average molecular weight is 356 g/mol. The molecule has 1 aromatic carbocycles. The van der Waals surface area contributed by atoms with E-state index in [1.807, 2.05) is 12.1 Å². The van der Waals surface area contributed by atoms with Crippen molar-refractivity contribution in [3.8, 4) is 5.75 Å². The number of fused-ring (bicyclic) bond motifs is 1. The highest BCUT2D eigenvalue weighted by molar-refractivity contribution is 7.18. The summed E-state index contributed by atoms with van der Waals surface area (Å²) in [5.41, 5.74) is 0.681. The van der Waals surface area contributed by atoms with Crippen molar-refractivity contribution in [3.05, 3.63) is 57.1 Å². The third-order valence-corrected chi connectivity index (χ3v) is 5.85. The molecule has 2 aromatic heterocycles. The highest BCUT2D eigenvalue weighted by atomic mass is 32.1. The summed E-state index contributed by atoms with van der Waals surface area (Å²) in [7, 11) is 0. The molecule has 1 aliphatic rings. The molecule has 1 fully saturated rings. The minimum Gasteiger partial charge on any atom is -0.502 e. The Balaban J connectivity index is 1.54. The van der Waals surface area contributed by atoms with Crippen LogP contribution in [0.1, 0.15) is 35.3 Å². The topological polar surface area (TPSA) is 66.6 Å². The second kappa shape index (κ2) is 6.61. The number of hydrogen-bond acceptors (Lipinski definition) is 6. The molecule has 0 aliphatic carbocycles. The van der Waals surface area contributed by atoms with Crippen molar-refractivity contribution in [1.29, 1.82) is 0 Å². The summed E-state index contributed by atoms with van der Waals surface area (Å²) in [4.78, 5) is 18.8. The van der Waals surface area contributed by atoms with Crippen molar-refractivity contribution in [2.24, 2.45) is 0 Å². The molecule has 5 nitrogen and oxygen atoms in total. The van der Waals surface area contributed by atoms with Crippen LogP contribution in [0.25, 0.3) is 10.2 Å². The second-order valence-corrected chi connectivity index (χ2v) is 7.65. The lowest BCUT2D eigenvalue weighted by atomic mass is 9.98. The van der Waals surface area contributed by atoms with Gasteiger partial charge >= 0.3 is 0 Å². The zero-order valence-corrected chi connectivity index (χ0v) is 14.9. The van der Waals surface area contributed by atoms with Gasteiger partial charge in [-0.2, -0.15) is 0 Å². The number of aromatic hydroxyl groups is 1. The molecule has 1 unspecified atom stereocenters. The Morgan fingerprint density at radius 3 is 3.08 bits per heavy atom. The summed E-state index contributed by atoms with van der Waals surface area (Å²) in [6.07, 6.45) is 2.18. The molecular weight excluding hydrogens is 336 g/mol. The molecule has 130 valence electrons. The lowest BCUT2D eigenvalue weighted by Crippen LogP contribution is -2.34. The highest BCUT2D eigenvalue weighted by Gasteiger charge is 2.25. The van der Waals surface area contributed by atoms with Crippen LogP contribution < -0.4 is 5.43 Å². The molecule has 3 heterocycles. The number of aryl methyl sites for hydroxylation is 1. The Labute approximate surface area is 149 Å². The predicted molar refractivity (Wildman–Crippen MR) is 98.3 cm³/mol. The maximum Gasteiger partial charge on any atom is 0.227 e. The van der Waals surface area contributed by atoms with Gasteiger partial charge in [0.25, 0.3) is 0 Å². The van der Waals surface area contributed by atoms with Gasteiger partial charge in [0.1, 0.15) is 5.76 Å². The van der Waals surface area contributed by atoms with E-state index < -0.39 is 0 Å². The summed E-state index contributed by atoms with van der Waals surface area (Å²) < 4.78 is 6.80. The minimum absolute atomic E-state index is 0.271. The molecule has 3 aromatic rings. The summed E-state index contributed by atoms with van der Waals surface area (Å²) in [6, 6.07) is 9.53. The van der Waals surface area contributed by atoms with Crippen molar-refractivity contribution >= 4 is 21.6 Å². The monoisotopic (exact) mass is 356 g/mol. The van der Waals surface area contributed by atoms with Crippen molar-refractivity contribution in [2.45, 2.75) is 32.2 Å². The van der Waals surface area contributed by atoms with E-state index in [4.69, 9.17) is 9.40 Å². The molecule has 1 atom stereocenters. The van der Waals surface area contributed by atoms with Gasteiger partial charge in [-0.05, 0) is 38.4 Å². The first-order valence-corrected chi connectivity index (χ1v) is 9.32. The fourth-order valence-electron chi connectivity index (χ4n) is 3.44. The Morgan fingerprint density at radius 1 is 1.40 bits per heavy atom. The highest BCUT2D eigenvalue weighted by Crippen LogP contribution is 2.33. The van der Waals surface area contributed by atoms with Gasteiger partial charge in [0.05, 0.1) is 21.8 Å². The van der Waals surface area contributed by atoms with Crippen molar-refractivity contribution in [3.63, 3.8) is 0 Å². The SMILES string of the molecule is Cc1cc(=O)c(O)c(CN2CCCC(c3nc4ccccc4s3)C2)o1. The third-order valence-electron chi connectivity index (χ3n) is 4.65. The van der Waals surface area contributed by atoms with Crippen LogP contribution in [-0.2, 0) is 6.54 Å². The van der Waals surface area contributed by atoms with Crippen LogP contribution in [-0.4, -0.2) is 28.1 Å². The molecule has 0 bridgehead atoms. The fraction of sp³-hybridized carbons (Fsp3) is 0.368. The number of benzene rings is 1. The Morgan fingerprint density at radius 2 is 2.24 bits per heavy atom. The van der Waals surface area contributed by atoms with E-state index in [0.29, 0.717) is 24.0 Å². The van der Waals surface area contributed by atoms with Crippen LogP contribution >= 0.6 is 11.3 Å². The van der Waals surface area contributed by atoms with Crippen LogP contribution in [0, 0.1) is 6.92 Å². The van der Waals surface area contributed by atoms with E-state index in [1.54, 1.807) is 18.3 Å². The van der Waals surface area contributed by atoms with Crippen LogP contribution in [0.3, 0.4) is 0 Å². The number of piperidine rings is 1. The number of aromatic nitrogens is 1. The Hall–Kier alpha value is -2.18. The first-order chi connectivity index (χ1) is 12.1. The predicted octanol–water partition coefficient (Wildman–Crippen LogP) is 3.64. The third kappa shape index (κ3) is 3.32. The molecule has 0 spiro atoms. The second-order valence-electron chi connectivity index (χ2n) is 6.59. The molecule has 6 heteroatoms. The Bertz CT molecular complexity index is 930. The summed E-state index contributed by atoms with van der Waals surface area (Å²) in [6.45, 7) is 3.96. The molecule has 25 heavy (non-hydrogen) atoms. The van der Waals surface area contributed by atoms with E-state index in [1.165, 1.54) is 15.8 Å². The minimum atomic E-state index is -0.376. The fourth-order valence-corrected chi connectivity index (χ4v) is 4.53. The molecule has 1 saturated heterocycles. The first kappa shape index (κ1) is 16.3. The standard InChI is InChI=1S/C19H20N2O3S/c1-12-9-15(22)18(23)16(24-12)11-21-8-4-5-13(10-21)19-20-14-6-2-3-7-17(14)25-19/h2-3,6-7,9,13,23H,4-5,8,10-11H2,1H3. The van der Waals surface area contributed by atoms with Gasteiger partial charge in [-0.3, -0.25) is 9.69 Å². The average Bonchev–Trinajstić information content (AvgIpc) is 3.04. The molecule has 0 radical (unpaired) electrons. The van der Waals surface area contributed by atoms with E-state index >= 15 is 0 Å². The number of likely N-dealkylation sites (tertiary alicyclic amines) is 1. The lowest BCUT2D eigenvalue weighted by molar-refractivity contribution is 0.180. The molecule has 1 N–H and O–H groups in total. The molecule has 4 rings (SSSR count). The zero-order chi connectivity index (χ0) is 17.4. The number of para-hydroxylation sites is 1. The zero-order valence-electron chi connectivity index (χ0n) is 14.1. The van der Waals surface area contributed by atoms with Crippen molar-refractivity contribution in [2.75, 3.05) is 13.1 Å². The van der Waals surface area contributed by atoms with Crippen LogP contribution in [0.4, 0.5) is 0 Å². The van der Waals surface area contributed by atoms with E-state index in [2.05, 4.69) is 17.0 Å². The smallest absolute Gasteiger partial charge is 0.227 e. The first-order valence-electron chi connectivity index (χ1n) is 8.50. The van der Waals surface area contributed by atoms with Gasteiger partial charge in [0.15, 0.2) is 5.76 Å². The maximum absolute atomic E-state index is 11.8. The number of rotatable bonds is 3. The number of thiazole rings is 1. The van der Waals surface area contributed by atoms with Crippen molar-refractivity contribution < 1.29 is 9.52 Å². The normalized spacial score (nSPS) is 18.7. The van der Waals surface area contributed by atoms with E-state index in [9.17, 15) is 9.90 Å². The summed E-state index contributed by atoms with van der Waals surface area (Å²) in [5.74, 6) is 0.991. The van der Waals surface area contributed by atoms with Crippen LogP contribution in [0.15, 0.2) is 39.5 Å². The van der Waals surface area contributed by atoms with Gasteiger partial charge < -0.3 is 9.52 Å². The molecular formula is C19H20N2O3S. The quantitative estimate of drug-likeness (QED) is 0.776. The molecule has 1 aliphatic heterocycles. The lowest BCUT2D eigenvalue weighted by Gasteiger charge is -2.31.